The van der Waals surface area contributed by atoms with E-state index in [0.717, 1.165) is 11.8 Å². The van der Waals surface area contributed by atoms with E-state index in [1.807, 2.05) is 12.1 Å². The highest BCUT2D eigenvalue weighted by molar-refractivity contribution is 5.65. The van der Waals surface area contributed by atoms with E-state index in [0.29, 0.717) is 17.9 Å². The van der Waals surface area contributed by atoms with Crippen LogP contribution in [0.1, 0.15) is 5.56 Å². The van der Waals surface area contributed by atoms with Crippen molar-refractivity contribution in [2.24, 2.45) is 0 Å². The number of anilines is 1. The number of methoxy groups -OCH3 is 1. The Bertz CT molecular complexity index is 284. The van der Waals surface area contributed by atoms with Crippen LogP contribution in [0.2, 0.25) is 0 Å². The lowest BCUT2D eigenvalue weighted by Gasteiger charge is -2.06. The Morgan fingerprint density at radius 3 is 2.92 bits per heavy atom. The number of benzene rings is 1. The van der Waals surface area contributed by atoms with E-state index in [-0.39, 0.29) is 0 Å². The van der Waals surface area contributed by atoms with Crippen molar-refractivity contribution in [2.75, 3.05) is 12.8 Å². The fraction of sp³-hybridized carbons (Fsp3) is 0.222. The Balaban J connectivity index is 3.04. The van der Waals surface area contributed by atoms with E-state index in [1.54, 1.807) is 13.2 Å². The summed E-state index contributed by atoms with van der Waals surface area (Å²) in [4.78, 5) is 10.2. The smallest absolute Gasteiger partial charge is 0.142 e. The normalized spacial score (nSPS) is 9.42. The molecule has 0 aromatic heterocycles. The molecule has 0 aliphatic rings. The van der Waals surface area contributed by atoms with Gasteiger partial charge in [0, 0.05) is 6.42 Å². The van der Waals surface area contributed by atoms with Crippen LogP contribution < -0.4 is 10.5 Å². The van der Waals surface area contributed by atoms with Gasteiger partial charge in [-0.2, -0.15) is 0 Å². The maximum Gasteiger partial charge on any atom is 0.142 e. The van der Waals surface area contributed by atoms with Gasteiger partial charge < -0.3 is 15.3 Å². The summed E-state index contributed by atoms with van der Waals surface area (Å²) in [6.07, 6.45) is 1.16. The molecule has 0 fully saturated rings. The summed E-state index contributed by atoms with van der Waals surface area (Å²) in [5.74, 6) is 0.620. The highest BCUT2D eigenvalue weighted by atomic mass is 16.5. The minimum atomic E-state index is 0.336. The fourth-order valence-electron chi connectivity index (χ4n) is 1.04. The van der Waals surface area contributed by atoms with Crippen LogP contribution in [-0.2, 0) is 11.2 Å². The van der Waals surface area contributed by atoms with E-state index < -0.39 is 0 Å². The molecule has 0 bridgehead atoms. The molecule has 2 N–H and O–H groups in total. The number of carbonyl (C=O) groups excluding carboxylic acids is 1. The largest absolute Gasteiger partial charge is 0.495 e. The Labute approximate surface area is 71.1 Å². The summed E-state index contributed by atoms with van der Waals surface area (Å²) in [5.41, 5.74) is 7.05. The van der Waals surface area contributed by atoms with Crippen LogP contribution in [0.4, 0.5) is 5.69 Å². The third-order valence-corrected chi connectivity index (χ3v) is 1.68. The SMILES string of the molecule is COc1cccc(CC=O)c1N. The molecule has 0 spiro atoms. The first kappa shape index (κ1) is 8.59. The van der Waals surface area contributed by atoms with Crippen molar-refractivity contribution < 1.29 is 9.53 Å². The van der Waals surface area contributed by atoms with Crippen molar-refractivity contribution in [1.29, 1.82) is 0 Å². The van der Waals surface area contributed by atoms with Crippen LogP contribution in [0.5, 0.6) is 5.75 Å². The zero-order chi connectivity index (χ0) is 8.97. The van der Waals surface area contributed by atoms with Crippen molar-refractivity contribution in [3.8, 4) is 5.75 Å². The Kier molecular flexibility index (Phi) is 2.69. The van der Waals surface area contributed by atoms with Crippen LogP contribution in [-0.4, -0.2) is 13.4 Å². The molecule has 1 aromatic rings. The second kappa shape index (κ2) is 3.76. The highest BCUT2D eigenvalue weighted by Crippen LogP contribution is 2.24. The number of hydrogen-bond donors (Lipinski definition) is 1. The van der Waals surface area contributed by atoms with Crippen LogP contribution >= 0.6 is 0 Å². The lowest BCUT2D eigenvalue weighted by molar-refractivity contribution is -0.107. The Hall–Kier alpha value is -1.51. The lowest BCUT2D eigenvalue weighted by atomic mass is 10.1. The molecule has 1 rings (SSSR count). The van der Waals surface area contributed by atoms with Crippen molar-refractivity contribution in [3.63, 3.8) is 0 Å². The lowest BCUT2D eigenvalue weighted by Crippen LogP contribution is -1.98. The second-order valence-corrected chi connectivity index (χ2v) is 2.40. The van der Waals surface area contributed by atoms with E-state index in [4.69, 9.17) is 10.5 Å². The topological polar surface area (TPSA) is 52.3 Å². The maximum atomic E-state index is 10.2. The quantitative estimate of drug-likeness (QED) is 0.537. The van der Waals surface area contributed by atoms with Crippen molar-refractivity contribution in [1.82, 2.24) is 0 Å². The molecule has 3 nitrogen and oxygen atoms in total. The predicted octanol–water partition coefficient (Wildman–Crippen LogP) is 1.02. The van der Waals surface area contributed by atoms with Crippen LogP contribution in [0.15, 0.2) is 18.2 Å². The fourth-order valence-corrected chi connectivity index (χ4v) is 1.04. The molecule has 12 heavy (non-hydrogen) atoms. The molecule has 0 saturated heterocycles. The van der Waals surface area contributed by atoms with E-state index in [9.17, 15) is 4.79 Å². The second-order valence-electron chi connectivity index (χ2n) is 2.40. The minimum absolute atomic E-state index is 0.336. The van der Waals surface area contributed by atoms with Gasteiger partial charge >= 0.3 is 0 Å². The van der Waals surface area contributed by atoms with Crippen molar-refractivity contribution in [3.05, 3.63) is 23.8 Å². The Morgan fingerprint density at radius 1 is 1.58 bits per heavy atom. The zero-order valence-corrected chi connectivity index (χ0v) is 6.91. The summed E-state index contributed by atoms with van der Waals surface area (Å²) < 4.78 is 4.99. The molecule has 0 atom stereocenters. The summed E-state index contributed by atoms with van der Waals surface area (Å²) >= 11 is 0. The van der Waals surface area contributed by atoms with Gasteiger partial charge in [-0.1, -0.05) is 12.1 Å². The number of nitrogens with two attached hydrogens (primary N) is 1. The van der Waals surface area contributed by atoms with Gasteiger partial charge in [-0.15, -0.1) is 0 Å². The minimum Gasteiger partial charge on any atom is -0.495 e. The molecule has 0 radical (unpaired) electrons. The van der Waals surface area contributed by atoms with Gasteiger partial charge in [0.2, 0.25) is 0 Å². The van der Waals surface area contributed by atoms with Gasteiger partial charge in [0.15, 0.2) is 0 Å². The standard InChI is InChI=1S/C9H11NO2/c1-12-8-4-2-3-7(5-6-11)9(8)10/h2-4,6H,5,10H2,1H3. The molecular formula is C9H11NO2. The van der Waals surface area contributed by atoms with Gasteiger partial charge in [-0.05, 0) is 11.6 Å². The van der Waals surface area contributed by atoms with Crippen molar-refractivity contribution in [2.45, 2.75) is 6.42 Å². The molecule has 0 amide bonds. The van der Waals surface area contributed by atoms with E-state index in [2.05, 4.69) is 0 Å². The van der Waals surface area contributed by atoms with Crippen LogP contribution in [0.25, 0.3) is 0 Å². The number of ether oxygens (including phenoxy) is 1. The van der Waals surface area contributed by atoms with Crippen LogP contribution in [0.3, 0.4) is 0 Å². The molecule has 0 aliphatic heterocycles. The van der Waals surface area contributed by atoms with Crippen LogP contribution in [0, 0.1) is 0 Å². The average molecular weight is 165 g/mol. The number of para-hydroxylation sites is 1. The first-order chi connectivity index (χ1) is 5.79. The van der Waals surface area contributed by atoms with Crippen molar-refractivity contribution >= 4 is 12.0 Å². The maximum absolute atomic E-state index is 10.2. The molecule has 0 saturated carbocycles. The molecule has 0 heterocycles. The third-order valence-electron chi connectivity index (χ3n) is 1.68. The van der Waals surface area contributed by atoms with Gasteiger partial charge in [0.05, 0.1) is 12.8 Å². The molecule has 3 heteroatoms. The number of nitrogen functional groups attached to an aromatic ring is 1. The number of aldehydes is 1. The predicted molar refractivity (Wildman–Crippen MR) is 47.2 cm³/mol. The third kappa shape index (κ3) is 1.56. The molecule has 0 unspecified atom stereocenters. The summed E-state index contributed by atoms with van der Waals surface area (Å²) in [6, 6.07) is 5.39. The van der Waals surface area contributed by atoms with Gasteiger partial charge in [0.1, 0.15) is 12.0 Å². The van der Waals surface area contributed by atoms with Gasteiger partial charge in [0.25, 0.3) is 0 Å². The Morgan fingerprint density at radius 2 is 2.33 bits per heavy atom. The first-order valence-corrected chi connectivity index (χ1v) is 3.64. The first-order valence-electron chi connectivity index (χ1n) is 3.64. The number of carbonyl (C=O) groups is 1. The molecule has 1 aromatic carbocycles. The van der Waals surface area contributed by atoms with Gasteiger partial charge in [-0.25, -0.2) is 0 Å². The summed E-state index contributed by atoms with van der Waals surface area (Å²) in [7, 11) is 1.55. The zero-order valence-electron chi connectivity index (χ0n) is 6.91. The summed E-state index contributed by atoms with van der Waals surface area (Å²) in [5, 5.41) is 0. The van der Waals surface area contributed by atoms with Gasteiger partial charge in [-0.3, -0.25) is 0 Å². The highest BCUT2D eigenvalue weighted by Gasteiger charge is 2.03. The number of hydrogen-bond acceptors (Lipinski definition) is 3. The molecule has 0 aliphatic carbocycles. The number of rotatable bonds is 3. The van der Waals surface area contributed by atoms with E-state index >= 15 is 0 Å². The van der Waals surface area contributed by atoms with E-state index in [1.165, 1.54) is 0 Å². The molecular weight excluding hydrogens is 154 g/mol. The molecule has 64 valence electrons. The summed E-state index contributed by atoms with van der Waals surface area (Å²) in [6.45, 7) is 0. The average Bonchev–Trinajstić information content (AvgIpc) is 2.09. The monoisotopic (exact) mass is 165 g/mol.